The van der Waals surface area contributed by atoms with Gasteiger partial charge in [0.05, 0.1) is 12.7 Å². The van der Waals surface area contributed by atoms with E-state index in [4.69, 9.17) is 4.74 Å². The molecule has 0 heterocycles. The van der Waals surface area contributed by atoms with E-state index >= 15 is 0 Å². The Morgan fingerprint density at radius 1 is 1.33 bits per heavy atom. The van der Waals surface area contributed by atoms with Gasteiger partial charge < -0.3 is 4.74 Å². The van der Waals surface area contributed by atoms with Crippen molar-refractivity contribution in [3.05, 3.63) is 35.6 Å². The van der Waals surface area contributed by atoms with Crippen LogP contribution in [-0.4, -0.2) is 10.0 Å². The van der Waals surface area contributed by atoms with E-state index < -0.39 is 0 Å². The highest BCUT2D eigenvalue weighted by molar-refractivity contribution is 14.1. The molecule has 82 valence electrons. The van der Waals surface area contributed by atoms with Crippen molar-refractivity contribution in [3.8, 4) is 0 Å². The monoisotopic (exact) mass is 320 g/mol. The normalized spacial score (nSPS) is 25.7. The summed E-state index contributed by atoms with van der Waals surface area (Å²) in [6.07, 6.45) is 3.88. The molecule has 0 N–H and O–H groups in total. The molecule has 0 radical (unpaired) electrons. The summed E-state index contributed by atoms with van der Waals surface area (Å²) in [6.45, 7) is 0.400. The SMILES string of the molecule is Fc1ccccc1COC1CCCC1I. The van der Waals surface area contributed by atoms with Crippen molar-refractivity contribution in [1.29, 1.82) is 0 Å². The fourth-order valence-corrected chi connectivity index (χ4v) is 2.89. The molecule has 1 aliphatic carbocycles. The molecule has 1 fully saturated rings. The predicted octanol–water partition coefficient (Wildman–Crippen LogP) is 3.70. The van der Waals surface area contributed by atoms with Gasteiger partial charge >= 0.3 is 0 Å². The first-order valence-corrected chi connectivity index (χ1v) is 6.51. The Kier molecular flexibility index (Phi) is 3.97. The molecule has 2 atom stereocenters. The van der Waals surface area contributed by atoms with Crippen LogP contribution in [0.5, 0.6) is 0 Å². The standard InChI is InChI=1S/C12H14FIO/c13-10-5-2-1-4-9(10)8-15-12-7-3-6-11(12)14/h1-2,4-5,11-12H,3,6-8H2. The highest BCUT2D eigenvalue weighted by Crippen LogP contribution is 2.29. The summed E-state index contributed by atoms with van der Waals surface area (Å²) in [4.78, 5) is 0. The molecule has 3 heteroatoms. The zero-order valence-electron chi connectivity index (χ0n) is 8.46. The van der Waals surface area contributed by atoms with Crippen molar-refractivity contribution >= 4 is 22.6 Å². The second-order valence-electron chi connectivity index (χ2n) is 3.89. The van der Waals surface area contributed by atoms with Crippen molar-refractivity contribution in [2.45, 2.75) is 35.9 Å². The van der Waals surface area contributed by atoms with E-state index in [1.54, 1.807) is 12.1 Å². The highest BCUT2D eigenvalue weighted by atomic mass is 127. The van der Waals surface area contributed by atoms with Crippen LogP contribution in [0, 0.1) is 5.82 Å². The molecule has 0 spiro atoms. The van der Waals surface area contributed by atoms with E-state index in [2.05, 4.69) is 22.6 Å². The fourth-order valence-electron chi connectivity index (χ4n) is 1.88. The van der Waals surface area contributed by atoms with Gasteiger partial charge in [-0.05, 0) is 25.3 Å². The van der Waals surface area contributed by atoms with Gasteiger partial charge in [0.15, 0.2) is 0 Å². The lowest BCUT2D eigenvalue weighted by atomic mass is 10.2. The molecule has 0 amide bonds. The average Bonchev–Trinajstić information content (AvgIpc) is 2.63. The zero-order valence-corrected chi connectivity index (χ0v) is 10.6. The lowest BCUT2D eigenvalue weighted by molar-refractivity contribution is 0.0497. The Balaban J connectivity index is 1.90. The number of alkyl halides is 1. The largest absolute Gasteiger partial charge is 0.372 e. The maximum Gasteiger partial charge on any atom is 0.128 e. The van der Waals surface area contributed by atoms with Crippen LogP contribution in [-0.2, 0) is 11.3 Å². The topological polar surface area (TPSA) is 9.23 Å². The van der Waals surface area contributed by atoms with E-state index in [1.165, 1.54) is 18.9 Å². The van der Waals surface area contributed by atoms with Gasteiger partial charge in [-0.15, -0.1) is 0 Å². The quantitative estimate of drug-likeness (QED) is 0.609. The predicted molar refractivity (Wildman–Crippen MR) is 66.6 cm³/mol. The molecular formula is C12H14FIO. The van der Waals surface area contributed by atoms with Crippen molar-refractivity contribution in [2.24, 2.45) is 0 Å². The second-order valence-corrected chi connectivity index (χ2v) is 5.49. The van der Waals surface area contributed by atoms with Crippen LogP contribution in [0.4, 0.5) is 4.39 Å². The minimum absolute atomic E-state index is 0.166. The summed E-state index contributed by atoms with van der Waals surface area (Å²) < 4.78 is 19.6. The van der Waals surface area contributed by atoms with E-state index in [-0.39, 0.29) is 5.82 Å². The van der Waals surface area contributed by atoms with Gasteiger partial charge in [0.25, 0.3) is 0 Å². The van der Waals surface area contributed by atoms with E-state index in [1.807, 2.05) is 6.07 Å². The Morgan fingerprint density at radius 2 is 2.13 bits per heavy atom. The first-order valence-electron chi connectivity index (χ1n) is 5.26. The Bertz CT molecular complexity index is 329. The van der Waals surface area contributed by atoms with Crippen molar-refractivity contribution in [2.75, 3.05) is 0 Å². The van der Waals surface area contributed by atoms with Gasteiger partial charge in [-0.25, -0.2) is 4.39 Å². The molecule has 2 rings (SSSR count). The third kappa shape index (κ3) is 2.91. The van der Waals surface area contributed by atoms with Crippen LogP contribution in [0.25, 0.3) is 0 Å². The molecule has 0 aliphatic heterocycles. The molecule has 1 aromatic carbocycles. The van der Waals surface area contributed by atoms with E-state index in [9.17, 15) is 4.39 Å². The summed E-state index contributed by atoms with van der Waals surface area (Å²) in [5, 5.41) is 0. The van der Waals surface area contributed by atoms with Gasteiger partial charge in [-0.1, -0.05) is 40.8 Å². The third-order valence-corrected chi connectivity index (χ3v) is 4.21. The van der Waals surface area contributed by atoms with Gasteiger partial charge in [-0.2, -0.15) is 0 Å². The van der Waals surface area contributed by atoms with E-state index in [0.29, 0.717) is 22.2 Å². The minimum atomic E-state index is -0.166. The molecule has 1 aliphatic rings. The maximum absolute atomic E-state index is 13.3. The van der Waals surface area contributed by atoms with Crippen LogP contribution in [0.15, 0.2) is 24.3 Å². The molecule has 15 heavy (non-hydrogen) atoms. The Hall–Kier alpha value is -0.160. The molecule has 0 aromatic heterocycles. The average molecular weight is 320 g/mol. The van der Waals surface area contributed by atoms with Crippen LogP contribution in [0.2, 0.25) is 0 Å². The number of rotatable bonds is 3. The molecule has 0 saturated heterocycles. The van der Waals surface area contributed by atoms with Gasteiger partial charge in [0.1, 0.15) is 5.82 Å². The van der Waals surface area contributed by atoms with Crippen LogP contribution in [0.3, 0.4) is 0 Å². The first-order chi connectivity index (χ1) is 7.27. The molecule has 1 nitrogen and oxygen atoms in total. The van der Waals surface area contributed by atoms with Crippen LogP contribution >= 0.6 is 22.6 Å². The maximum atomic E-state index is 13.3. The van der Waals surface area contributed by atoms with Gasteiger partial charge in [0, 0.05) is 9.49 Å². The summed E-state index contributed by atoms with van der Waals surface area (Å²) in [6, 6.07) is 6.81. The third-order valence-electron chi connectivity index (χ3n) is 2.78. The Labute approximate surface area is 103 Å². The number of hydrogen-bond donors (Lipinski definition) is 0. The molecular weight excluding hydrogens is 306 g/mol. The Morgan fingerprint density at radius 3 is 2.80 bits per heavy atom. The van der Waals surface area contributed by atoms with Crippen molar-refractivity contribution in [1.82, 2.24) is 0 Å². The summed E-state index contributed by atoms with van der Waals surface area (Å²) >= 11 is 2.43. The lowest BCUT2D eigenvalue weighted by Crippen LogP contribution is -2.17. The number of ether oxygens (including phenoxy) is 1. The molecule has 1 saturated carbocycles. The number of hydrogen-bond acceptors (Lipinski definition) is 1. The summed E-state index contributed by atoms with van der Waals surface area (Å²) in [5.74, 6) is -0.166. The summed E-state index contributed by atoms with van der Waals surface area (Å²) in [5.41, 5.74) is 0.660. The molecule has 1 aromatic rings. The molecule has 0 bridgehead atoms. The van der Waals surface area contributed by atoms with Crippen LogP contribution in [0.1, 0.15) is 24.8 Å². The molecule has 2 unspecified atom stereocenters. The lowest BCUT2D eigenvalue weighted by Gasteiger charge is -2.15. The number of benzene rings is 1. The van der Waals surface area contributed by atoms with Crippen LogP contribution < -0.4 is 0 Å². The fraction of sp³-hybridized carbons (Fsp3) is 0.500. The van der Waals surface area contributed by atoms with Gasteiger partial charge in [0.2, 0.25) is 0 Å². The van der Waals surface area contributed by atoms with Crippen molar-refractivity contribution in [3.63, 3.8) is 0 Å². The smallest absolute Gasteiger partial charge is 0.128 e. The summed E-state index contributed by atoms with van der Waals surface area (Å²) in [7, 11) is 0. The van der Waals surface area contributed by atoms with E-state index in [0.717, 1.165) is 6.42 Å². The first kappa shape index (κ1) is 11.3. The van der Waals surface area contributed by atoms with Crippen molar-refractivity contribution < 1.29 is 9.13 Å². The zero-order chi connectivity index (χ0) is 10.7. The number of halogens is 2. The highest BCUT2D eigenvalue weighted by Gasteiger charge is 2.25. The second kappa shape index (κ2) is 5.25. The van der Waals surface area contributed by atoms with Gasteiger partial charge in [-0.3, -0.25) is 0 Å². The minimum Gasteiger partial charge on any atom is -0.372 e.